The molecule has 1 aliphatic rings. The highest BCUT2D eigenvalue weighted by Gasteiger charge is 2.36. The Bertz CT molecular complexity index is 1450. The lowest BCUT2D eigenvalue weighted by atomic mass is 9.88. The average Bonchev–Trinajstić information content (AvgIpc) is 3.51. The number of nitrogens with two attached hydrogens (primary N) is 1. The van der Waals surface area contributed by atoms with E-state index in [-0.39, 0.29) is 0 Å². The highest BCUT2D eigenvalue weighted by molar-refractivity contribution is 5.87. The highest BCUT2D eigenvalue weighted by atomic mass is 16.5. The summed E-state index contributed by atoms with van der Waals surface area (Å²) in [5.74, 6) is 2.64. The molecule has 1 saturated heterocycles. The Labute approximate surface area is 190 Å². The topological polar surface area (TPSA) is 109 Å². The fourth-order valence-corrected chi connectivity index (χ4v) is 4.69. The lowest BCUT2D eigenvalue weighted by molar-refractivity contribution is 0.327. The Balaban J connectivity index is 1.26. The molecule has 0 spiro atoms. The summed E-state index contributed by atoms with van der Waals surface area (Å²) >= 11 is 0. The van der Waals surface area contributed by atoms with Gasteiger partial charge in [-0.3, -0.25) is 0 Å². The summed E-state index contributed by atoms with van der Waals surface area (Å²) in [6, 6.07) is 16.3. The van der Waals surface area contributed by atoms with E-state index in [4.69, 9.17) is 15.5 Å². The summed E-state index contributed by atoms with van der Waals surface area (Å²) in [7, 11) is 1.68. The molecule has 1 fully saturated rings. The number of nitrogens with one attached hydrogen (secondary N) is 2. The number of ether oxygens (including phenoxy) is 1. The highest BCUT2D eigenvalue weighted by Crippen LogP contribution is 2.34. The van der Waals surface area contributed by atoms with Crippen LogP contribution in [0.3, 0.4) is 0 Å². The van der Waals surface area contributed by atoms with E-state index in [0.717, 1.165) is 76.5 Å². The Morgan fingerprint density at radius 2 is 1.88 bits per heavy atom. The maximum atomic E-state index is 6.89. The Morgan fingerprint density at radius 3 is 2.73 bits per heavy atom. The third-order valence-electron chi connectivity index (χ3n) is 6.64. The summed E-state index contributed by atoms with van der Waals surface area (Å²) in [5.41, 5.74) is 11.4. The van der Waals surface area contributed by atoms with Crippen LogP contribution in [0.2, 0.25) is 0 Å². The van der Waals surface area contributed by atoms with E-state index in [1.54, 1.807) is 13.4 Å². The Morgan fingerprint density at radius 1 is 1.03 bits per heavy atom. The van der Waals surface area contributed by atoms with Gasteiger partial charge in [-0.05, 0) is 54.3 Å². The van der Waals surface area contributed by atoms with Crippen molar-refractivity contribution in [2.24, 2.45) is 5.73 Å². The summed E-state index contributed by atoms with van der Waals surface area (Å²) < 4.78 is 5.37. The van der Waals surface area contributed by atoms with Gasteiger partial charge in [0.25, 0.3) is 0 Å². The smallest absolute Gasteiger partial charge is 0.142 e. The molecule has 8 heteroatoms. The van der Waals surface area contributed by atoms with E-state index in [1.165, 1.54) is 0 Å². The zero-order valence-corrected chi connectivity index (χ0v) is 18.4. The zero-order chi connectivity index (χ0) is 22.4. The van der Waals surface area contributed by atoms with Gasteiger partial charge < -0.3 is 25.3 Å². The molecule has 0 amide bonds. The summed E-state index contributed by atoms with van der Waals surface area (Å²) in [6.45, 7) is 1.61. The summed E-state index contributed by atoms with van der Waals surface area (Å²) in [6.07, 6.45) is 5.07. The van der Waals surface area contributed by atoms with Gasteiger partial charge in [0.15, 0.2) is 0 Å². The monoisotopic (exact) mass is 439 g/mol. The Kier molecular flexibility index (Phi) is 4.55. The van der Waals surface area contributed by atoms with Crippen LogP contribution in [0.15, 0.2) is 61.1 Å². The molecule has 0 aliphatic carbocycles. The average molecular weight is 440 g/mol. The van der Waals surface area contributed by atoms with Crippen molar-refractivity contribution in [2.75, 3.05) is 25.1 Å². The molecule has 0 radical (unpaired) electrons. The SMILES string of the molecule is COc1cccc(-c2ccc3nc(C4(N)CCN(c5ncnc6[nH]ccc56)CC4)[nH]c3c2)c1. The van der Waals surface area contributed by atoms with Crippen molar-refractivity contribution < 1.29 is 4.74 Å². The molecule has 2 aromatic carbocycles. The van der Waals surface area contributed by atoms with E-state index in [2.05, 4.69) is 43.0 Å². The number of piperidine rings is 1. The van der Waals surface area contributed by atoms with Crippen molar-refractivity contribution in [3.8, 4) is 16.9 Å². The second-order valence-electron chi connectivity index (χ2n) is 8.63. The molecule has 0 bridgehead atoms. The van der Waals surface area contributed by atoms with Crippen LogP contribution in [0.4, 0.5) is 5.82 Å². The van der Waals surface area contributed by atoms with Crippen molar-refractivity contribution in [3.63, 3.8) is 0 Å². The van der Waals surface area contributed by atoms with Crippen LogP contribution in [0.5, 0.6) is 5.75 Å². The molecule has 0 saturated carbocycles. The lowest BCUT2D eigenvalue weighted by Gasteiger charge is -2.38. The number of anilines is 1. The number of imidazole rings is 1. The van der Waals surface area contributed by atoms with Gasteiger partial charge in [0.05, 0.1) is 29.1 Å². The minimum Gasteiger partial charge on any atom is -0.497 e. The van der Waals surface area contributed by atoms with Gasteiger partial charge in [-0.15, -0.1) is 0 Å². The molecule has 33 heavy (non-hydrogen) atoms. The molecule has 0 atom stereocenters. The van der Waals surface area contributed by atoms with Crippen LogP contribution in [0.1, 0.15) is 18.7 Å². The van der Waals surface area contributed by atoms with Gasteiger partial charge >= 0.3 is 0 Å². The van der Waals surface area contributed by atoms with Crippen LogP contribution >= 0.6 is 0 Å². The molecule has 5 aromatic rings. The number of aromatic nitrogens is 5. The van der Waals surface area contributed by atoms with E-state index < -0.39 is 5.54 Å². The van der Waals surface area contributed by atoms with Crippen molar-refractivity contribution in [3.05, 3.63) is 66.9 Å². The largest absolute Gasteiger partial charge is 0.497 e. The van der Waals surface area contributed by atoms with Crippen LogP contribution in [-0.2, 0) is 5.54 Å². The molecule has 8 nitrogen and oxygen atoms in total. The van der Waals surface area contributed by atoms with E-state index >= 15 is 0 Å². The number of hydrogen-bond acceptors (Lipinski definition) is 6. The van der Waals surface area contributed by atoms with Gasteiger partial charge in [0, 0.05) is 19.3 Å². The maximum Gasteiger partial charge on any atom is 0.142 e. The van der Waals surface area contributed by atoms with Crippen molar-refractivity contribution in [1.82, 2.24) is 24.9 Å². The number of H-pyrrole nitrogens is 2. The number of nitrogens with zero attached hydrogens (tertiary/aromatic N) is 4. The van der Waals surface area contributed by atoms with Gasteiger partial charge in [0.1, 0.15) is 29.4 Å². The maximum absolute atomic E-state index is 6.89. The lowest BCUT2D eigenvalue weighted by Crippen LogP contribution is -2.49. The number of benzene rings is 2. The van der Waals surface area contributed by atoms with E-state index in [9.17, 15) is 0 Å². The van der Waals surface area contributed by atoms with Crippen molar-refractivity contribution in [1.29, 1.82) is 0 Å². The molecule has 4 N–H and O–H groups in total. The first-order chi connectivity index (χ1) is 16.1. The zero-order valence-electron chi connectivity index (χ0n) is 18.4. The third-order valence-corrected chi connectivity index (χ3v) is 6.64. The third kappa shape index (κ3) is 3.39. The predicted octanol–water partition coefficient (Wildman–Crippen LogP) is 3.96. The normalized spacial score (nSPS) is 15.9. The summed E-state index contributed by atoms with van der Waals surface area (Å²) in [4.78, 5) is 22.6. The first-order valence-electron chi connectivity index (χ1n) is 11.1. The van der Waals surface area contributed by atoms with Crippen LogP contribution in [-0.4, -0.2) is 45.1 Å². The molecule has 3 aromatic heterocycles. The standard InChI is InChI=1S/C25H25N7O/c1-33-18-4-2-3-16(13-18)17-5-6-20-21(14-17)31-24(30-20)25(26)8-11-32(12-9-25)23-19-7-10-27-22(19)28-15-29-23/h2-7,10,13-15H,8-9,11-12,26H2,1H3,(H,30,31)(H,27,28,29). The van der Waals surface area contributed by atoms with Gasteiger partial charge in [-0.25, -0.2) is 15.0 Å². The van der Waals surface area contributed by atoms with Gasteiger partial charge in [-0.2, -0.15) is 0 Å². The van der Waals surface area contributed by atoms with Crippen LogP contribution < -0.4 is 15.4 Å². The number of hydrogen-bond donors (Lipinski definition) is 3. The molecule has 4 heterocycles. The predicted molar refractivity (Wildman–Crippen MR) is 129 cm³/mol. The molecule has 0 unspecified atom stereocenters. The van der Waals surface area contributed by atoms with Gasteiger partial charge in [0.2, 0.25) is 0 Å². The number of fused-ring (bicyclic) bond motifs is 2. The molecule has 6 rings (SSSR count). The fraction of sp³-hybridized carbons (Fsp3) is 0.240. The quantitative estimate of drug-likeness (QED) is 0.391. The second-order valence-corrected chi connectivity index (χ2v) is 8.63. The van der Waals surface area contributed by atoms with Crippen molar-refractivity contribution in [2.45, 2.75) is 18.4 Å². The van der Waals surface area contributed by atoms with Crippen LogP contribution in [0.25, 0.3) is 33.2 Å². The molecular weight excluding hydrogens is 414 g/mol. The fourth-order valence-electron chi connectivity index (χ4n) is 4.69. The minimum atomic E-state index is -0.504. The molecular formula is C25H25N7O. The summed E-state index contributed by atoms with van der Waals surface area (Å²) in [5, 5.41) is 1.04. The second kappa shape index (κ2) is 7.60. The van der Waals surface area contributed by atoms with E-state index in [1.807, 2.05) is 36.5 Å². The van der Waals surface area contributed by atoms with E-state index in [0.29, 0.717) is 0 Å². The molecule has 1 aliphatic heterocycles. The minimum absolute atomic E-state index is 0.504. The first-order valence-corrected chi connectivity index (χ1v) is 11.1. The van der Waals surface area contributed by atoms with Crippen LogP contribution in [0, 0.1) is 0 Å². The van der Waals surface area contributed by atoms with Crippen molar-refractivity contribution >= 4 is 27.9 Å². The number of rotatable bonds is 4. The number of methoxy groups -OCH3 is 1. The number of aromatic amines is 2. The molecule has 166 valence electrons. The first kappa shape index (κ1) is 19.8. The van der Waals surface area contributed by atoms with Gasteiger partial charge in [-0.1, -0.05) is 18.2 Å². The Hall–Kier alpha value is -3.91.